The largest absolute Gasteiger partial charge is 0.462 e. The van der Waals surface area contributed by atoms with Crippen LogP contribution in [0, 0.1) is 0 Å². The van der Waals surface area contributed by atoms with Gasteiger partial charge in [-0.1, -0.05) is 18.2 Å². The van der Waals surface area contributed by atoms with Gasteiger partial charge in [0.05, 0.1) is 16.8 Å². The molecule has 1 aliphatic heterocycles. The zero-order valence-corrected chi connectivity index (χ0v) is 11.5. The van der Waals surface area contributed by atoms with Crippen LogP contribution in [-0.4, -0.2) is 24.1 Å². The van der Waals surface area contributed by atoms with Crippen molar-refractivity contribution in [3.63, 3.8) is 0 Å². The Morgan fingerprint density at radius 3 is 2.76 bits per heavy atom. The topological polar surface area (TPSA) is 26.3 Å². The van der Waals surface area contributed by atoms with Crippen molar-refractivity contribution in [2.24, 2.45) is 0 Å². The molecule has 0 spiro atoms. The SMILES string of the molecule is CCOC(=O)c1ccccc1C1SCCCS1. The third-order valence-corrected chi connectivity index (χ3v) is 5.52. The van der Waals surface area contributed by atoms with Gasteiger partial charge in [0.1, 0.15) is 0 Å². The Kier molecular flexibility index (Phi) is 4.80. The van der Waals surface area contributed by atoms with Gasteiger partial charge in [-0.3, -0.25) is 0 Å². The minimum Gasteiger partial charge on any atom is -0.462 e. The molecule has 0 radical (unpaired) electrons. The molecule has 0 amide bonds. The molecule has 17 heavy (non-hydrogen) atoms. The summed E-state index contributed by atoms with van der Waals surface area (Å²) >= 11 is 3.84. The Balaban J connectivity index is 2.23. The van der Waals surface area contributed by atoms with Crippen molar-refractivity contribution in [1.29, 1.82) is 0 Å². The summed E-state index contributed by atoms with van der Waals surface area (Å²) < 4.78 is 5.48. The highest BCUT2D eigenvalue weighted by Crippen LogP contribution is 2.44. The molecule has 0 atom stereocenters. The van der Waals surface area contributed by atoms with E-state index in [1.165, 1.54) is 17.9 Å². The van der Waals surface area contributed by atoms with Crippen molar-refractivity contribution < 1.29 is 9.53 Å². The summed E-state index contributed by atoms with van der Waals surface area (Å²) in [5, 5.41) is 0. The standard InChI is InChI=1S/C13H16O2S2/c1-2-15-12(14)10-6-3-4-7-11(10)13-16-8-5-9-17-13/h3-4,6-7,13H,2,5,8-9H2,1H3. The quantitative estimate of drug-likeness (QED) is 0.780. The Labute approximate surface area is 111 Å². The fourth-order valence-electron chi connectivity index (χ4n) is 1.76. The Morgan fingerprint density at radius 2 is 2.06 bits per heavy atom. The molecule has 0 saturated carbocycles. The van der Waals surface area contributed by atoms with Crippen molar-refractivity contribution in [1.82, 2.24) is 0 Å². The van der Waals surface area contributed by atoms with E-state index in [4.69, 9.17) is 4.74 Å². The molecule has 0 unspecified atom stereocenters. The van der Waals surface area contributed by atoms with Gasteiger partial charge in [0.15, 0.2) is 0 Å². The van der Waals surface area contributed by atoms with Crippen molar-refractivity contribution in [2.75, 3.05) is 18.1 Å². The van der Waals surface area contributed by atoms with E-state index >= 15 is 0 Å². The minimum atomic E-state index is -0.199. The molecular weight excluding hydrogens is 252 g/mol. The van der Waals surface area contributed by atoms with Crippen LogP contribution in [0.2, 0.25) is 0 Å². The molecule has 2 nitrogen and oxygen atoms in total. The number of hydrogen-bond donors (Lipinski definition) is 0. The number of esters is 1. The lowest BCUT2D eigenvalue weighted by molar-refractivity contribution is 0.0525. The van der Waals surface area contributed by atoms with Crippen LogP contribution in [0.25, 0.3) is 0 Å². The molecule has 2 rings (SSSR count). The summed E-state index contributed by atoms with van der Waals surface area (Å²) in [7, 11) is 0. The molecule has 0 bridgehead atoms. The van der Waals surface area contributed by atoms with Crippen LogP contribution in [0.5, 0.6) is 0 Å². The number of rotatable bonds is 3. The van der Waals surface area contributed by atoms with Gasteiger partial charge in [-0.05, 0) is 36.5 Å². The second-order valence-corrected chi connectivity index (χ2v) is 6.46. The highest BCUT2D eigenvalue weighted by molar-refractivity contribution is 8.16. The van der Waals surface area contributed by atoms with Gasteiger partial charge >= 0.3 is 5.97 Å². The number of hydrogen-bond acceptors (Lipinski definition) is 4. The molecule has 4 heteroatoms. The molecule has 1 aliphatic rings. The summed E-state index contributed by atoms with van der Waals surface area (Å²) in [6, 6.07) is 7.80. The van der Waals surface area contributed by atoms with Crippen molar-refractivity contribution in [3.8, 4) is 0 Å². The van der Waals surface area contributed by atoms with E-state index in [0.29, 0.717) is 11.2 Å². The summed E-state index contributed by atoms with van der Waals surface area (Å²) in [6.07, 6.45) is 1.26. The first-order valence-corrected chi connectivity index (χ1v) is 7.92. The van der Waals surface area contributed by atoms with Crippen molar-refractivity contribution >= 4 is 29.5 Å². The summed E-state index contributed by atoms with van der Waals surface area (Å²) in [5.41, 5.74) is 1.84. The van der Waals surface area contributed by atoms with E-state index in [9.17, 15) is 4.79 Å². The Hall–Kier alpha value is -0.610. The van der Waals surface area contributed by atoms with Gasteiger partial charge in [-0.25, -0.2) is 4.79 Å². The zero-order valence-electron chi connectivity index (χ0n) is 9.85. The maximum Gasteiger partial charge on any atom is 0.338 e. The smallest absolute Gasteiger partial charge is 0.338 e. The predicted octanol–water partition coefficient (Wildman–Crippen LogP) is 3.73. The van der Waals surface area contributed by atoms with Gasteiger partial charge in [0.25, 0.3) is 0 Å². The van der Waals surface area contributed by atoms with Gasteiger partial charge in [0, 0.05) is 0 Å². The second kappa shape index (κ2) is 6.36. The van der Waals surface area contributed by atoms with E-state index in [1.807, 2.05) is 54.7 Å². The van der Waals surface area contributed by atoms with Gasteiger partial charge in [0.2, 0.25) is 0 Å². The van der Waals surface area contributed by atoms with Crippen LogP contribution in [0.3, 0.4) is 0 Å². The van der Waals surface area contributed by atoms with Crippen LogP contribution >= 0.6 is 23.5 Å². The fourth-order valence-corrected chi connectivity index (χ4v) is 4.73. The zero-order chi connectivity index (χ0) is 12.1. The lowest BCUT2D eigenvalue weighted by Gasteiger charge is -2.22. The summed E-state index contributed by atoms with van der Waals surface area (Å²) in [6.45, 7) is 2.27. The third-order valence-electron chi connectivity index (χ3n) is 2.54. The molecule has 0 N–H and O–H groups in total. The molecule has 1 saturated heterocycles. The Morgan fingerprint density at radius 1 is 1.35 bits per heavy atom. The predicted molar refractivity (Wildman–Crippen MR) is 74.7 cm³/mol. The van der Waals surface area contributed by atoms with Crippen LogP contribution in [-0.2, 0) is 4.74 Å². The van der Waals surface area contributed by atoms with Gasteiger partial charge < -0.3 is 4.74 Å². The highest BCUT2D eigenvalue weighted by atomic mass is 32.2. The average molecular weight is 268 g/mol. The van der Waals surface area contributed by atoms with E-state index < -0.39 is 0 Å². The maximum absolute atomic E-state index is 11.9. The molecule has 0 aromatic heterocycles. The number of benzene rings is 1. The summed E-state index contributed by atoms with van der Waals surface area (Å²) in [4.78, 5) is 11.9. The first kappa shape index (κ1) is 12.8. The van der Waals surface area contributed by atoms with Gasteiger partial charge in [-0.15, -0.1) is 23.5 Å². The summed E-state index contributed by atoms with van der Waals surface area (Å²) in [5.74, 6) is 2.15. The van der Waals surface area contributed by atoms with Crippen LogP contribution < -0.4 is 0 Å². The van der Waals surface area contributed by atoms with Gasteiger partial charge in [-0.2, -0.15) is 0 Å². The van der Waals surface area contributed by atoms with Crippen LogP contribution in [0.15, 0.2) is 24.3 Å². The number of carbonyl (C=O) groups is 1. The number of ether oxygens (including phenoxy) is 1. The number of thioether (sulfide) groups is 2. The lowest BCUT2D eigenvalue weighted by atomic mass is 10.1. The van der Waals surface area contributed by atoms with Crippen molar-refractivity contribution in [2.45, 2.75) is 17.9 Å². The Bertz CT molecular complexity index is 387. The fraction of sp³-hybridized carbons (Fsp3) is 0.462. The average Bonchev–Trinajstić information content (AvgIpc) is 2.40. The van der Waals surface area contributed by atoms with E-state index in [-0.39, 0.29) is 5.97 Å². The van der Waals surface area contributed by atoms with E-state index in [2.05, 4.69) is 0 Å². The number of carbonyl (C=O) groups excluding carboxylic acids is 1. The molecule has 0 aliphatic carbocycles. The molecule has 1 aromatic rings. The molecular formula is C13H16O2S2. The van der Waals surface area contributed by atoms with Crippen LogP contribution in [0.1, 0.15) is 33.8 Å². The second-order valence-electron chi connectivity index (χ2n) is 3.73. The van der Waals surface area contributed by atoms with E-state index in [0.717, 1.165) is 11.1 Å². The monoisotopic (exact) mass is 268 g/mol. The first-order valence-electron chi connectivity index (χ1n) is 5.82. The molecule has 1 fully saturated rings. The minimum absolute atomic E-state index is 0.199. The normalized spacial score (nSPS) is 16.8. The first-order chi connectivity index (χ1) is 8.33. The molecule has 1 aromatic carbocycles. The van der Waals surface area contributed by atoms with Crippen molar-refractivity contribution in [3.05, 3.63) is 35.4 Å². The maximum atomic E-state index is 11.9. The van der Waals surface area contributed by atoms with E-state index in [1.54, 1.807) is 0 Å². The lowest BCUT2D eigenvalue weighted by Crippen LogP contribution is -2.10. The molecule has 92 valence electrons. The highest BCUT2D eigenvalue weighted by Gasteiger charge is 2.22. The third kappa shape index (κ3) is 3.19. The molecule has 1 heterocycles. The van der Waals surface area contributed by atoms with Crippen LogP contribution in [0.4, 0.5) is 0 Å².